The summed E-state index contributed by atoms with van der Waals surface area (Å²) in [5, 5.41) is 7.17. The summed E-state index contributed by atoms with van der Waals surface area (Å²) in [5.74, 6) is -0.0180. The van der Waals surface area contributed by atoms with Gasteiger partial charge in [-0.2, -0.15) is 5.10 Å². The van der Waals surface area contributed by atoms with Crippen molar-refractivity contribution >= 4 is 17.3 Å². The summed E-state index contributed by atoms with van der Waals surface area (Å²) in [7, 11) is 3.83. The smallest absolute Gasteiger partial charge is 0.241 e. The minimum absolute atomic E-state index is 0.0180. The Kier molecular flexibility index (Phi) is 5.90. The van der Waals surface area contributed by atoms with Gasteiger partial charge in [0.15, 0.2) is 0 Å². The van der Waals surface area contributed by atoms with Gasteiger partial charge in [0.25, 0.3) is 0 Å². The van der Waals surface area contributed by atoms with Crippen LogP contribution in [0.3, 0.4) is 0 Å². The minimum Gasteiger partial charge on any atom is -0.378 e. The molecule has 1 aliphatic heterocycles. The van der Waals surface area contributed by atoms with E-state index in [0.29, 0.717) is 6.54 Å². The van der Waals surface area contributed by atoms with Gasteiger partial charge in [0.1, 0.15) is 0 Å². The summed E-state index contributed by atoms with van der Waals surface area (Å²) in [6.45, 7) is 5.93. The molecule has 0 aliphatic carbocycles. The van der Waals surface area contributed by atoms with Crippen molar-refractivity contribution in [3.05, 3.63) is 42.2 Å². The molecule has 140 valence electrons. The fourth-order valence-corrected chi connectivity index (χ4v) is 3.00. The van der Waals surface area contributed by atoms with Crippen molar-refractivity contribution in [1.82, 2.24) is 14.7 Å². The molecule has 0 saturated carbocycles. The maximum absolute atomic E-state index is 12.5. The summed E-state index contributed by atoms with van der Waals surface area (Å²) < 4.78 is 7.15. The number of benzene rings is 1. The molecule has 0 unspecified atom stereocenters. The fraction of sp³-hybridized carbons (Fsp3) is 0.474. The van der Waals surface area contributed by atoms with Crippen LogP contribution in [-0.2, 0) is 23.1 Å². The van der Waals surface area contributed by atoms with Gasteiger partial charge in [0.2, 0.25) is 5.91 Å². The first-order chi connectivity index (χ1) is 12.5. The van der Waals surface area contributed by atoms with Gasteiger partial charge >= 0.3 is 0 Å². The van der Waals surface area contributed by atoms with Crippen LogP contribution in [0.4, 0.5) is 11.4 Å². The average molecular weight is 357 g/mol. The second kappa shape index (κ2) is 8.33. The number of amides is 1. The Morgan fingerprint density at radius 2 is 2.00 bits per heavy atom. The quantitative estimate of drug-likeness (QED) is 0.853. The van der Waals surface area contributed by atoms with Gasteiger partial charge in [-0.3, -0.25) is 14.4 Å². The molecule has 0 spiro atoms. The van der Waals surface area contributed by atoms with Crippen LogP contribution in [0.15, 0.2) is 36.7 Å². The second-order valence-corrected chi connectivity index (χ2v) is 6.75. The van der Waals surface area contributed by atoms with Crippen LogP contribution < -0.4 is 10.2 Å². The number of hydrogen-bond donors (Lipinski definition) is 1. The van der Waals surface area contributed by atoms with E-state index < -0.39 is 0 Å². The molecule has 1 saturated heterocycles. The van der Waals surface area contributed by atoms with Gasteiger partial charge in [-0.15, -0.1) is 0 Å². The maximum Gasteiger partial charge on any atom is 0.241 e. The average Bonchev–Trinajstić information content (AvgIpc) is 3.07. The van der Waals surface area contributed by atoms with Crippen LogP contribution in [0.25, 0.3) is 0 Å². The predicted octanol–water partition coefficient (Wildman–Crippen LogP) is 1.72. The Bertz CT molecular complexity index is 722. The summed E-state index contributed by atoms with van der Waals surface area (Å²) in [6, 6.07) is 7.76. The first-order valence-corrected chi connectivity index (χ1v) is 8.94. The molecule has 2 heterocycles. The highest BCUT2D eigenvalue weighted by Gasteiger charge is 2.19. The first-order valence-electron chi connectivity index (χ1n) is 8.94. The molecular weight excluding hydrogens is 330 g/mol. The van der Waals surface area contributed by atoms with Gasteiger partial charge in [-0.05, 0) is 38.2 Å². The topological polar surface area (TPSA) is 62.6 Å². The van der Waals surface area contributed by atoms with Gasteiger partial charge in [-0.25, -0.2) is 0 Å². The van der Waals surface area contributed by atoms with Crippen LogP contribution >= 0.6 is 0 Å². The molecule has 1 fully saturated rings. The van der Waals surface area contributed by atoms with Gasteiger partial charge in [0, 0.05) is 49.8 Å². The number of carbonyl (C=O) groups excluding carboxylic acids is 1. The van der Waals surface area contributed by atoms with Crippen molar-refractivity contribution in [2.24, 2.45) is 7.05 Å². The summed E-state index contributed by atoms with van der Waals surface area (Å²) >= 11 is 0. The standard InChI is InChI=1S/C19H27N5O2/c1-15(22(2)13-16-12-20-23(3)14-16)19(25)21-17-4-6-18(7-5-17)24-8-10-26-11-9-24/h4-7,12,14-15H,8-11,13H2,1-3H3,(H,21,25)/t15-/m0/s1. The van der Waals surface area contributed by atoms with E-state index in [2.05, 4.69) is 15.3 Å². The van der Waals surface area contributed by atoms with Crippen molar-refractivity contribution in [3.63, 3.8) is 0 Å². The number of hydrogen-bond acceptors (Lipinski definition) is 5. The first kappa shape index (κ1) is 18.4. The molecule has 1 amide bonds. The van der Waals surface area contributed by atoms with E-state index in [0.717, 1.165) is 43.2 Å². The number of morpholine rings is 1. The van der Waals surface area contributed by atoms with Crippen LogP contribution in [0, 0.1) is 0 Å². The molecule has 1 aliphatic rings. The zero-order valence-electron chi connectivity index (χ0n) is 15.7. The third-order valence-electron chi connectivity index (χ3n) is 4.74. The van der Waals surface area contributed by atoms with E-state index >= 15 is 0 Å². The van der Waals surface area contributed by atoms with E-state index in [-0.39, 0.29) is 11.9 Å². The molecule has 26 heavy (non-hydrogen) atoms. The van der Waals surface area contributed by atoms with E-state index in [4.69, 9.17) is 4.74 Å². The highest BCUT2D eigenvalue weighted by molar-refractivity contribution is 5.94. The second-order valence-electron chi connectivity index (χ2n) is 6.75. The molecule has 1 N–H and O–H groups in total. The lowest BCUT2D eigenvalue weighted by molar-refractivity contribution is -0.120. The van der Waals surface area contributed by atoms with Gasteiger partial charge in [-0.1, -0.05) is 0 Å². The van der Waals surface area contributed by atoms with E-state index in [1.807, 2.05) is 62.6 Å². The SMILES string of the molecule is C[C@@H](C(=O)Nc1ccc(N2CCOCC2)cc1)N(C)Cc1cnn(C)c1. The molecule has 1 atom stereocenters. The lowest BCUT2D eigenvalue weighted by Gasteiger charge is -2.29. The van der Waals surface area contributed by atoms with Crippen molar-refractivity contribution in [2.75, 3.05) is 43.6 Å². The normalized spacial score (nSPS) is 15.9. The Labute approximate surface area is 154 Å². The fourth-order valence-electron chi connectivity index (χ4n) is 3.00. The van der Waals surface area contributed by atoms with Crippen LogP contribution in [0.5, 0.6) is 0 Å². The number of nitrogens with zero attached hydrogens (tertiary/aromatic N) is 4. The lowest BCUT2D eigenvalue weighted by atomic mass is 10.2. The van der Waals surface area contributed by atoms with Crippen molar-refractivity contribution in [1.29, 1.82) is 0 Å². The van der Waals surface area contributed by atoms with E-state index in [9.17, 15) is 4.79 Å². The molecule has 1 aromatic carbocycles. The Balaban J connectivity index is 1.54. The number of ether oxygens (including phenoxy) is 1. The highest BCUT2D eigenvalue weighted by Crippen LogP contribution is 2.19. The molecule has 2 aromatic rings. The molecule has 7 heteroatoms. The number of aromatic nitrogens is 2. The molecule has 0 radical (unpaired) electrons. The van der Waals surface area contributed by atoms with Crippen LogP contribution in [0.2, 0.25) is 0 Å². The minimum atomic E-state index is -0.242. The monoisotopic (exact) mass is 357 g/mol. The molecule has 3 rings (SSSR count). The number of rotatable bonds is 6. The summed E-state index contributed by atoms with van der Waals surface area (Å²) in [4.78, 5) is 16.8. The third kappa shape index (κ3) is 4.62. The van der Waals surface area contributed by atoms with Gasteiger partial charge < -0.3 is 15.0 Å². The van der Waals surface area contributed by atoms with Gasteiger partial charge in [0.05, 0.1) is 25.5 Å². The summed E-state index contributed by atoms with van der Waals surface area (Å²) in [6.07, 6.45) is 3.79. The third-order valence-corrected chi connectivity index (χ3v) is 4.74. The molecule has 1 aromatic heterocycles. The van der Waals surface area contributed by atoms with Crippen molar-refractivity contribution in [2.45, 2.75) is 19.5 Å². The number of carbonyl (C=O) groups is 1. The van der Waals surface area contributed by atoms with Crippen LogP contribution in [-0.4, -0.2) is 60.0 Å². The number of nitrogens with one attached hydrogen (secondary N) is 1. The molecular formula is C19H27N5O2. The zero-order chi connectivity index (χ0) is 18.5. The lowest BCUT2D eigenvalue weighted by Crippen LogP contribution is -2.39. The predicted molar refractivity (Wildman–Crippen MR) is 102 cm³/mol. The highest BCUT2D eigenvalue weighted by atomic mass is 16.5. The van der Waals surface area contributed by atoms with E-state index in [1.165, 1.54) is 0 Å². The van der Waals surface area contributed by atoms with Crippen molar-refractivity contribution in [3.8, 4) is 0 Å². The molecule has 0 bridgehead atoms. The maximum atomic E-state index is 12.5. The van der Waals surface area contributed by atoms with Crippen molar-refractivity contribution < 1.29 is 9.53 Å². The molecule has 7 nitrogen and oxygen atoms in total. The van der Waals surface area contributed by atoms with E-state index in [1.54, 1.807) is 4.68 Å². The Hall–Kier alpha value is -2.38. The number of anilines is 2. The van der Waals surface area contributed by atoms with Crippen LogP contribution in [0.1, 0.15) is 12.5 Å². The number of aryl methyl sites for hydroxylation is 1. The summed E-state index contributed by atoms with van der Waals surface area (Å²) in [5.41, 5.74) is 3.06. The number of likely N-dealkylation sites (N-methyl/N-ethyl adjacent to an activating group) is 1. The Morgan fingerprint density at radius 3 is 2.62 bits per heavy atom. The Morgan fingerprint density at radius 1 is 1.31 bits per heavy atom. The zero-order valence-corrected chi connectivity index (χ0v) is 15.7. The largest absolute Gasteiger partial charge is 0.378 e.